The van der Waals surface area contributed by atoms with Crippen molar-refractivity contribution in [2.45, 2.75) is 26.2 Å². The highest BCUT2D eigenvalue weighted by molar-refractivity contribution is 6.94. The Morgan fingerprint density at radius 1 is 0.652 bits per heavy atom. The number of ether oxygens (including phenoxy) is 1. The van der Waals surface area contributed by atoms with Crippen LogP contribution in [0.3, 0.4) is 0 Å². The summed E-state index contributed by atoms with van der Waals surface area (Å²) in [6, 6.07) is 16.8. The predicted octanol–water partition coefficient (Wildman–Crippen LogP) is 4.76. The van der Waals surface area contributed by atoms with Crippen molar-refractivity contribution in [3.8, 4) is 11.5 Å². The van der Waals surface area contributed by atoms with E-state index in [0.29, 0.717) is 0 Å². The lowest BCUT2D eigenvalue weighted by molar-refractivity contribution is 0.483. The summed E-state index contributed by atoms with van der Waals surface area (Å²) in [6.07, 6.45) is 0. The van der Waals surface area contributed by atoms with Crippen LogP contribution in [0.5, 0.6) is 11.5 Å². The summed E-state index contributed by atoms with van der Waals surface area (Å²) >= 11 is 0. The number of rotatable bonds is 6. The van der Waals surface area contributed by atoms with Crippen molar-refractivity contribution in [1.82, 2.24) is 0 Å². The van der Waals surface area contributed by atoms with Crippen LogP contribution < -0.4 is 15.1 Å². The van der Waals surface area contributed by atoms with Gasteiger partial charge in [-0.2, -0.15) is 0 Å². The van der Waals surface area contributed by atoms with Gasteiger partial charge in [0.25, 0.3) is 0 Å². The molecule has 0 heterocycles. The molecular weight excluding hydrogens is 312 g/mol. The molecule has 0 aliphatic rings. The molecule has 0 radical (unpaired) electrons. The first-order chi connectivity index (χ1) is 10.8. The monoisotopic (exact) mass is 338 g/mol. The summed E-state index contributed by atoms with van der Waals surface area (Å²) in [4.78, 5) is 0. The summed E-state index contributed by atoms with van der Waals surface area (Å²) in [7, 11) is -3.00. The minimum absolute atomic E-state index is 0.871. The van der Waals surface area contributed by atoms with Gasteiger partial charge in [0, 0.05) is 0 Å². The van der Waals surface area contributed by atoms with E-state index in [1.54, 1.807) is 0 Å². The van der Waals surface area contributed by atoms with Crippen LogP contribution in [0.4, 0.5) is 0 Å². The Morgan fingerprint density at radius 3 is 1.22 bits per heavy atom. The van der Waals surface area contributed by atoms with Gasteiger partial charge < -0.3 is 4.74 Å². The Hall–Kier alpha value is -1.85. The summed E-state index contributed by atoms with van der Waals surface area (Å²) in [5, 5.41) is 2.74. The van der Waals surface area contributed by atoms with E-state index >= 15 is 0 Å². The maximum absolute atomic E-state index is 5.96. The minimum atomic E-state index is -1.50. The quantitative estimate of drug-likeness (QED) is 0.690. The lowest BCUT2D eigenvalue weighted by Gasteiger charge is -2.19. The lowest BCUT2D eigenvalue weighted by atomic mass is 10.3. The molecule has 0 spiro atoms. The zero-order valence-corrected chi connectivity index (χ0v) is 16.6. The molecule has 0 aliphatic carbocycles. The van der Waals surface area contributed by atoms with Crippen LogP contribution in [0.25, 0.3) is 0 Å². The molecule has 1 nitrogen and oxygen atoms in total. The zero-order valence-electron chi connectivity index (χ0n) is 14.6. The maximum Gasteiger partial charge on any atom is 0.127 e. The van der Waals surface area contributed by atoms with Gasteiger partial charge in [-0.3, -0.25) is 0 Å². The first-order valence-electron chi connectivity index (χ1n) is 7.94. The van der Waals surface area contributed by atoms with Crippen LogP contribution in [0.15, 0.2) is 73.1 Å². The third-order valence-electron chi connectivity index (χ3n) is 4.45. The molecule has 23 heavy (non-hydrogen) atoms. The molecule has 0 N–H and O–H groups in total. The van der Waals surface area contributed by atoms with Crippen molar-refractivity contribution < 1.29 is 4.74 Å². The Bertz CT molecular complexity index is 621. The molecule has 0 aliphatic heterocycles. The molecule has 0 atom stereocenters. The normalized spacial score (nSPS) is 11.8. The van der Waals surface area contributed by atoms with Crippen LogP contribution in [-0.2, 0) is 0 Å². The Balaban J connectivity index is 2.14. The molecule has 0 fully saturated rings. The van der Waals surface area contributed by atoms with Gasteiger partial charge in [0.05, 0.1) is 0 Å². The molecule has 0 saturated heterocycles. The maximum atomic E-state index is 5.96. The van der Waals surface area contributed by atoms with Crippen molar-refractivity contribution in [3.63, 3.8) is 0 Å². The van der Waals surface area contributed by atoms with E-state index in [0.717, 1.165) is 11.5 Å². The van der Waals surface area contributed by atoms with Gasteiger partial charge in [-0.1, -0.05) is 72.2 Å². The van der Waals surface area contributed by atoms with Crippen LogP contribution in [0.2, 0.25) is 26.2 Å². The molecule has 0 amide bonds. The smallest absolute Gasteiger partial charge is 0.127 e. The number of hydrogen-bond donors (Lipinski definition) is 0. The van der Waals surface area contributed by atoms with Crippen LogP contribution in [0, 0.1) is 0 Å². The third-order valence-corrected chi connectivity index (χ3v) is 10.1. The predicted molar refractivity (Wildman–Crippen MR) is 108 cm³/mol. The second-order valence-corrected chi connectivity index (χ2v) is 15.9. The minimum Gasteiger partial charge on any atom is -0.457 e. The van der Waals surface area contributed by atoms with Crippen molar-refractivity contribution in [3.05, 3.63) is 73.1 Å². The molecule has 2 aromatic rings. The van der Waals surface area contributed by atoms with Gasteiger partial charge >= 0.3 is 0 Å². The van der Waals surface area contributed by atoms with Gasteiger partial charge in [-0.05, 0) is 24.3 Å². The number of benzene rings is 2. The second-order valence-electron chi connectivity index (χ2n) is 7.00. The van der Waals surface area contributed by atoms with Gasteiger partial charge in [-0.15, -0.1) is 13.2 Å². The van der Waals surface area contributed by atoms with E-state index in [4.69, 9.17) is 4.74 Å². The van der Waals surface area contributed by atoms with E-state index in [-0.39, 0.29) is 0 Å². The highest BCUT2D eigenvalue weighted by atomic mass is 28.3. The molecule has 3 heteroatoms. The fourth-order valence-electron chi connectivity index (χ4n) is 2.28. The average Bonchev–Trinajstić information content (AvgIpc) is 2.56. The van der Waals surface area contributed by atoms with E-state index in [1.165, 1.54) is 10.4 Å². The third kappa shape index (κ3) is 4.12. The Kier molecular flexibility index (Phi) is 5.12. The topological polar surface area (TPSA) is 9.23 Å². The summed E-state index contributed by atoms with van der Waals surface area (Å²) in [5.41, 5.74) is 4.21. The fraction of sp³-hybridized carbons (Fsp3) is 0.200. The molecule has 2 rings (SSSR count). The van der Waals surface area contributed by atoms with E-state index in [2.05, 4.69) is 75.0 Å². The Morgan fingerprint density at radius 2 is 0.957 bits per heavy atom. The zero-order chi connectivity index (χ0) is 17.1. The van der Waals surface area contributed by atoms with Crippen molar-refractivity contribution in [2.24, 2.45) is 0 Å². The first kappa shape index (κ1) is 17.5. The van der Waals surface area contributed by atoms with Crippen molar-refractivity contribution in [2.75, 3.05) is 0 Å². The van der Waals surface area contributed by atoms with Crippen LogP contribution in [0.1, 0.15) is 0 Å². The van der Waals surface area contributed by atoms with Gasteiger partial charge in [0.2, 0.25) is 0 Å². The van der Waals surface area contributed by atoms with E-state index < -0.39 is 16.1 Å². The van der Waals surface area contributed by atoms with E-state index in [1.807, 2.05) is 24.3 Å². The molecule has 120 valence electrons. The van der Waals surface area contributed by atoms with Gasteiger partial charge in [0.1, 0.15) is 27.6 Å². The van der Waals surface area contributed by atoms with E-state index in [9.17, 15) is 0 Å². The second kappa shape index (κ2) is 6.73. The van der Waals surface area contributed by atoms with Gasteiger partial charge in [-0.25, -0.2) is 0 Å². The molecule has 0 aromatic heterocycles. The summed E-state index contributed by atoms with van der Waals surface area (Å²) in [6.45, 7) is 17.1. The highest BCUT2D eigenvalue weighted by Crippen LogP contribution is 2.21. The largest absolute Gasteiger partial charge is 0.457 e. The van der Waals surface area contributed by atoms with Crippen molar-refractivity contribution in [1.29, 1.82) is 0 Å². The standard InChI is InChI=1S/C20H26OSi2/c1-7-22(3,4)19-13-9-17(10-14-19)21-18-11-15-20(16-12-18)23(5,6)8-2/h7-16H,1-2H2,3-6H3. The summed E-state index contributed by atoms with van der Waals surface area (Å²) < 4.78 is 5.96. The Labute approximate surface area is 142 Å². The number of hydrogen-bond acceptors (Lipinski definition) is 1. The molecule has 0 saturated carbocycles. The fourth-order valence-corrected chi connectivity index (χ4v) is 4.80. The summed E-state index contributed by atoms with van der Waals surface area (Å²) in [5.74, 6) is 1.74. The van der Waals surface area contributed by atoms with Crippen LogP contribution >= 0.6 is 0 Å². The molecule has 0 unspecified atom stereocenters. The molecular formula is C20H26OSi2. The average molecular weight is 339 g/mol. The molecule has 2 aromatic carbocycles. The first-order valence-corrected chi connectivity index (χ1v) is 14.1. The lowest BCUT2D eigenvalue weighted by Crippen LogP contribution is -2.39. The highest BCUT2D eigenvalue weighted by Gasteiger charge is 2.19. The van der Waals surface area contributed by atoms with Gasteiger partial charge in [0.15, 0.2) is 0 Å². The van der Waals surface area contributed by atoms with Crippen LogP contribution in [-0.4, -0.2) is 16.1 Å². The van der Waals surface area contributed by atoms with Crippen molar-refractivity contribution >= 4 is 26.5 Å². The molecule has 0 bridgehead atoms. The SMILES string of the molecule is C=C[Si](C)(C)c1ccc(Oc2ccc([Si](C)(C)C=C)cc2)cc1.